The molecule has 0 aliphatic heterocycles. The number of hydrogen-bond donors (Lipinski definition) is 0. The van der Waals surface area contributed by atoms with Gasteiger partial charge < -0.3 is 4.57 Å². The van der Waals surface area contributed by atoms with Crippen molar-refractivity contribution in [3.05, 3.63) is 71.9 Å². The summed E-state index contributed by atoms with van der Waals surface area (Å²) < 4.78 is 2.35. The molecule has 20 heavy (non-hydrogen) atoms. The van der Waals surface area contributed by atoms with E-state index in [1.807, 2.05) is 0 Å². The first-order chi connectivity index (χ1) is 9.88. The van der Waals surface area contributed by atoms with Crippen LogP contribution in [0.5, 0.6) is 0 Å². The van der Waals surface area contributed by atoms with Gasteiger partial charge in [-0.25, -0.2) is 0 Å². The van der Waals surface area contributed by atoms with Gasteiger partial charge in [-0.2, -0.15) is 0 Å². The molecule has 0 bridgehead atoms. The first-order valence-electron chi connectivity index (χ1n) is 7.25. The molecule has 0 saturated heterocycles. The molecule has 1 nitrogen and oxygen atoms in total. The summed E-state index contributed by atoms with van der Waals surface area (Å²) >= 11 is 0. The quantitative estimate of drug-likeness (QED) is 0.600. The summed E-state index contributed by atoms with van der Waals surface area (Å²) in [5, 5.41) is 1.30. The minimum absolute atomic E-state index is 0.502. The minimum Gasteiger partial charge on any atom is -0.320 e. The maximum atomic E-state index is 2.35. The first-order valence-corrected chi connectivity index (χ1v) is 7.25. The predicted molar refractivity (Wildman–Crippen MR) is 85.6 cm³/mol. The van der Waals surface area contributed by atoms with Crippen LogP contribution in [0.2, 0.25) is 0 Å². The number of aromatic nitrogens is 1. The van der Waals surface area contributed by atoms with Crippen molar-refractivity contribution in [2.75, 3.05) is 0 Å². The van der Waals surface area contributed by atoms with E-state index in [2.05, 4.69) is 78.4 Å². The molecule has 1 heterocycles. The van der Waals surface area contributed by atoms with E-state index in [1.54, 1.807) is 0 Å². The first kappa shape index (κ1) is 11.5. The molecule has 0 fully saturated rings. The van der Waals surface area contributed by atoms with Crippen LogP contribution in [0, 0.1) is 0 Å². The Morgan fingerprint density at radius 2 is 1.75 bits per heavy atom. The molecule has 2 aromatic carbocycles. The van der Waals surface area contributed by atoms with Crippen LogP contribution < -0.4 is 0 Å². The SMILES string of the molecule is CCC1C(n2ccc3ccccc32)=Cc2ccccc21. The summed E-state index contributed by atoms with van der Waals surface area (Å²) in [5.41, 5.74) is 5.52. The van der Waals surface area contributed by atoms with Gasteiger partial charge in [0.1, 0.15) is 0 Å². The zero-order valence-electron chi connectivity index (χ0n) is 11.6. The lowest BCUT2D eigenvalue weighted by molar-refractivity contribution is 0.798. The van der Waals surface area contributed by atoms with Gasteiger partial charge in [0, 0.05) is 17.8 Å². The number of nitrogens with zero attached hydrogens (tertiary/aromatic N) is 1. The molecule has 0 saturated carbocycles. The van der Waals surface area contributed by atoms with Crippen LogP contribution in [0.25, 0.3) is 22.7 Å². The average Bonchev–Trinajstić information content (AvgIpc) is 3.07. The lowest BCUT2D eigenvalue weighted by Gasteiger charge is -2.16. The monoisotopic (exact) mass is 259 g/mol. The fourth-order valence-corrected chi connectivity index (χ4v) is 3.35. The molecule has 4 rings (SSSR count). The molecule has 0 radical (unpaired) electrons. The average molecular weight is 259 g/mol. The fraction of sp³-hybridized carbons (Fsp3) is 0.158. The third-order valence-electron chi connectivity index (χ3n) is 4.32. The molecule has 1 unspecified atom stereocenters. The topological polar surface area (TPSA) is 4.93 Å². The van der Waals surface area contributed by atoms with Gasteiger partial charge in [0.25, 0.3) is 0 Å². The van der Waals surface area contributed by atoms with E-state index in [4.69, 9.17) is 0 Å². The van der Waals surface area contributed by atoms with Crippen molar-refractivity contribution in [3.63, 3.8) is 0 Å². The normalized spacial score (nSPS) is 17.2. The molecule has 0 N–H and O–H groups in total. The van der Waals surface area contributed by atoms with E-state index in [0.717, 1.165) is 6.42 Å². The highest BCUT2D eigenvalue weighted by Gasteiger charge is 2.25. The van der Waals surface area contributed by atoms with E-state index in [9.17, 15) is 0 Å². The number of benzene rings is 2. The molecule has 0 spiro atoms. The Morgan fingerprint density at radius 1 is 0.950 bits per heavy atom. The van der Waals surface area contributed by atoms with Crippen LogP contribution in [-0.4, -0.2) is 4.57 Å². The van der Waals surface area contributed by atoms with E-state index in [0.29, 0.717) is 5.92 Å². The maximum absolute atomic E-state index is 2.35. The van der Waals surface area contributed by atoms with E-state index >= 15 is 0 Å². The summed E-state index contributed by atoms with van der Waals surface area (Å²) in [7, 11) is 0. The maximum Gasteiger partial charge on any atom is 0.0525 e. The smallest absolute Gasteiger partial charge is 0.0525 e. The third kappa shape index (κ3) is 1.56. The highest BCUT2D eigenvalue weighted by Crippen LogP contribution is 2.42. The minimum atomic E-state index is 0.502. The van der Waals surface area contributed by atoms with Gasteiger partial charge in [-0.1, -0.05) is 49.4 Å². The van der Waals surface area contributed by atoms with Gasteiger partial charge in [-0.15, -0.1) is 0 Å². The summed E-state index contributed by atoms with van der Waals surface area (Å²) in [6.07, 6.45) is 5.68. The van der Waals surface area contributed by atoms with Crippen molar-refractivity contribution in [2.24, 2.45) is 0 Å². The summed E-state index contributed by atoms with van der Waals surface area (Å²) in [5.74, 6) is 0.502. The zero-order chi connectivity index (χ0) is 13.5. The van der Waals surface area contributed by atoms with Crippen LogP contribution in [0.1, 0.15) is 30.4 Å². The Hall–Kier alpha value is -2.28. The Balaban J connectivity index is 1.91. The van der Waals surface area contributed by atoms with Gasteiger partial charge in [0.05, 0.1) is 5.52 Å². The van der Waals surface area contributed by atoms with Gasteiger partial charge in [-0.3, -0.25) is 0 Å². The van der Waals surface area contributed by atoms with Crippen LogP contribution in [0.15, 0.2) is 60.8 Å². The van der Waals surface area contributed by atoms with Crippen molar-refractivity contribution in [3.8, 4) is 0 Å². The van der Waals surface area contributed by atoms with Crippen molar-refractivity contribution in [2.45, 2.75) is 19.3 Å². The summed E-state index contributed by atoms with van der Waals surface area (Å²) in [4.78, 5) is 0. The molecule has 98 valence electrons. The number of hydrogen-bond acceptors (Lipinski definition) is 0. The number of fused-ring (bicyclic) bond motifs is 2. The second kappa shape index (κ2) is 4.38. The molecule has 1 aromatic heterocycles. The van der Waals surface area contributed by atoms with E-state index < -0.39 is 0 Å². The molecular formula is C19H17N. The Labute approximate surface area is 119 Å². The van der Waals surface area contributed by atoms with Gasteiger partial charge in [-0.05, 0) is 41.1 Å². The molecule has 1 atom stereocenters. The van der Waals surface area contributed by atoms with Crippen LogP contribution >= 0.6 is 0 Å². The predicted octanol–water partition coefficient (Wildman–Crippen LogP) is 5.15. The summed E-state index contributed by atoms with van der Waals surface area (Å²) in [6, 6.07) is 19.5. The van der Waals surface area contributed by atoms with Gasteiger partial charge in [0.2, 0.25) is 0 Å². The standard InChI is InChI=1S/C19H17N/c1-2-16-17-9-5-3-8-15(17)13-19(16)20-12-11-14-7-4-6-10-18(14)20/h3-13,16H,2H2,1H3. The number of rotatable bonds is 2. The number of allylic oxidation sites excluding steroid dienone is 1. The second-order valence-electron chi connectivity index (χ2n) is 5.40. The largest absolute Gasteiger partial charge is 0.320 e. The zero-order valence-corrected chi connectivity index (χ0v) is 11.6. The van der Waals surface area contributed by atoms with Crippen molar-refractivity contribution < 1.29 is 0 Å². The Kier molecular flexibility index (Phi) is 2.53. The van der Waals surface area contributed by atoms with Crippen LogP contribution in [0.4, 0.5) is 0 Å². The van der Waals surface area contributed by atoms with E-state index in [-0.39, 0.29) is 0 Å². The highest BCUT2D eigenvalue weighted by molar-refractivity contribution is 5.90. The molecular weight excluding hydrogens is 242 g/mol. The van der Waals surface area contributed by atoms with Gasteiger partial charge in [0.15, 0.2) is 0 Å². The lowest BCUT2D eigenvalue weighted by atomic mass is 9.96. The molecule has 0 amide bonds. The highest BCUT2D eigenvalue weighted by atomic mass is 15.0. The van der Waals surface area contributed by atoms with Crippen molar-refractivity contribution in [1.29, 1.82) is 0 Å². The van der Waals surface area contributed by atoms with Crippen LogP contribution in [-0.2, 0) is 0 Å². The molecule has 3 aromatic rings. The van der Waals surface area contributed by atoms with Crippen LogP contribution in [0.3, 0.4) is 0 Å². The molecule has 1 heteroatoms. The molecule has 1 aliphatic carbocycles. The van der Waals surface area contributed by atoms with E-state index in [1.165, 1.54) is 27.7 Å². The van der Waals surface area contributed by atoms with Crippen molar-refractivity contribution in [1.82, 2.24) is 4.57 Å². The second-order valence-corrected chi connectivity index (χ2v) is 5.40. The fourth-order valence-electron chi connectivity index (χ4n) is 3.35. The Morgan fingerprint density at radius 3 is 2.65 bits per heavy atom. The lowest BCUT2D eigenvalue weighted by Crippen LogP contribution is -2.02. The summed E-state index contributed by atoms with van der Waals surface area (Å²) in [6.45, 7) is 2.27. The van der Waals surface area contributed by atoms with Crippen molar-refractivity contribution >= 4 is 22.7 Å². The third-order valence-corrected chi connectivity index (χ3v) is 4.32. The molecule has 1 aliphatic rings. The Bertz CT molecular complexity index is 807. The number of para-hydroxylation sites is 1. The van der Waals surface area contributed by atoms with Gasteiger partial charge >= 0.3 is 0 Å².